The lowest BCUT2D eigenvalue weighted by Gasteiger charge is -2.36. The second-order valence-electron chi connectivity index (χ2n) is 5.61. The highest BCUT2D eigenvalue weighted by atomic mass is 35.5. The predicted octanol–water partition coefficient (Wildman–Crippen LogP) is 3.20. The maximum Gasteiger partial charge on any atom is 0.242 e. The van der Waals surface area contributed by atoms with E-state index in [0.29, 0.717) is 30.3 Å². The molecule has 3 rings (SSSR count). The van der Waals surface area contributed by atoms with Crippen LogP contribution in [0.3, 0.4) is 0 Å². The third-order valence-corrected chi connectivity index (χ3v) is 4.30. The third-order valence-electron chi connectivity index (χ3n) is 4.05. The molecule has 122 valence electrons. The summed E-state index contributed by atoms with van der Waals surface area (Å²) >= 11 is 5.87. The van der Waals surface area contributed by atoms with Gasteiger partial charge < -0.3 is 9.80 Å². The average molecular weight is 344 g/mol. The summed E-state index contributed by atoms with van der Waals surface area (Å²) in [5.41, 5.74) is 1.46. The van der Waals surface area contributed by atoms with Gasteiger partial charge in [-0.15, -0.1) is 0 Å². The van der Waals surface area contributed by atoms with Crippen molar-refractivity contribution < 1.29 is 9.18 Å². The van der Waals surface area contributed by atoms with Gasteiger partial charge in [0.15, 0.2) is 0 Å². The highest BCUT2D eigenvalue weighted by molar-refractivity contribution is 6.30. The fourth-order valence-corrected chi connectivity index (χ4v) is 2.90. The Balaban J connectivity index is 1.72. The molecule has 6 heteroatoms. The van der Waals surface area contributed by atoms with Crippen molar-refractivity contribution in [1.29, 1.82) is 5.26 Å². The van der Waals surface area contributed by atoms with E-state index in [1.165, 1.54) is 6.07 Å². The van der Waals surface area contributed by atoms with Gasteiger partial charge >= 0.3 is 0 Å². The topological polar surface area (TPSA) is 47.3 Å². The van der Waals surface area contributed by atoms with Crippen LogP contribution in [0.15, 0.2) is 42.5 Å². The van der Waals surface area contributed by atoms with E-state index in [4.69, 9.17) is 16.9 Å². The molecule has 0 radical (unpaired) electrons. The third kappa shape index (κ3) is 3.34. The molecule has 1 amide bonds. The average Bonchev–Trinajstić information content (AvgIpc) is 2.58. The number of nitrogens with zero attached hydrogens (tertiary/aromatic N) is 3. The Kier molecular flexibility index (Phi) is 4.68. The van der Waals surface area contributed by atoms with Crippen molar-refractivity contribution in [3.8, 4) is 6.07 Å². The normalized spacial score (nSPS) is 14.6. The molecular weight excluding hydrogens is 329 g/mol. The van der Waals surface area contributed by atoms with Gasteiger partial charge in [-0.1, -0.05) is 29.8 Å². The minimum absolute atomic E-state index is 0.0172. The van der Waals surface area contributed by atoms with Crippen molar-refractivity contribution in [1.82, 2.24) is 4.90 Å². The first-order valence-electron chi connectivity index (χ1n) is 7.54. The first-order chi connectivity index (χ1) is 11.6. The zero-order valence-corrected chi connectivity index (χ0v) is 13.6. The van der Waals surface area contributed by atoms with Crippen molar-refractivity contribution in [2.24, 2.45) is 0 Å². The molecule has 0 spiro atoms. The van der Waals surface area contributed by atoms with Crippen LogP contribution in [0.2, 0.25) is 5.02 Å². The van der Waals surface area contributed by atoms with Gasteiger partial charge in [0.1, 0.15) is 17.4 Å². The number of nitriles is 1. The second-order valence-corrected chi connectivity index (χ2v) is 6.05. The molecule has 0 atom stereocenters. The molecule has 0 aliphatic carbocycles. The number of hydrogen-bond donors (Lipinski definition) is 0. The van der Waals surface area contributed by atoms with E-state index in [2.05, 4.69) is 0 Å². The Morgan fingerprint density at radius 3 is 2.58 bits per heavy atom. The van der Waals surface area contributed by atoms with Crippen molar-refractivity contribution in [3.05, 3.63) is 64.4 Å². The summed E-state index contributed by atoms with van der Waals surface area (Å²) in [6.45, 7) is 1.71. The van der Waals surface area contributed by atoms with Crippen molar-refractivity contribution in [2.75, 3.05) is 24.5 Å². The van der Waals surface area contributed by atoms with Crippen LogP contribution in [-0.4, -0.2) is 30.4 Å². The van der Waals surface area contributed by atoms with Crippen LogP contribution in [0, 0.1) is 17.1 Å². The van der Waals surface area contributed by atoms with Crippen molar-refractivity contribution in [2.45, 2.75) is 6.54 Å². The molecule has 0 N–H and O–H groups in total. The Hall–Kier alpha value is -2.58. The van der Waals surface area contributed by atoms with Crippen LogP contribution in [0.5, 0.6) is 0 Å². The molecule has 1 aliphatic heterocycles. The molecule has 2 aromatic rings. The van der Waals surface area contributed by atoms with Crippen LogP contribution in [-0.2, 0) is 11.3 Å². The number of carbonyl (C=O) groups excluding carboxylic acids is 1. The van der Waals surface area contributed by atoms with E-state index in [9.17, 15) is 9.18 Å². The monoisotopic (exact) mass is 343 g/mol. The van der Waals surface area contributed by atoms with Gasteiger partial charge in [0, 0.05) is 24.7 Å². The summed E-state index contributed by atoms with van der Waals surface area (Å²) in [5.74, 6) is -0.615. The number of halogens is 2. The summed E-state index contributed by atoms with van der Waals surface area (Å²) in [6, 6.07) is 13.7. The van der Waals surface area contributed by atoms with E-state index in [1.807, 2.05) is 18.2 Å². The maximum absolute atomic E-state index is 13.7. The van der Waals surface area contributed by atoms with Gasteiger partial charge in [-0.05, 0) is 29.8 Å². The van der Waals surface area contributed by atoms with E-state index < -0.39 is 5.82 Å². The van der Waals surface area contributed by atoms with E-state index in [-0.39, 0.29) is 18.0 Å². The van der Waals surface area contributed by atoms with Crippen LogP contribution < -0.4 is 4.90 Å². The molecule has 24 heavy (non-hydrogen) atoms. The molecule has 4 nitrogen and oxygen atoms in total. The van der Waals surface area contributed by atoms with Gasteiger partial charge in [0.25, 0.3) is 0 Å². The number of amides is 1. The smallest absolute Gasteiger partial charge is 0.242 e. The summed E-state index contributed by atoms with van der Waals surface area (Å²) in [4.78, 5) is 15.9. The van der Waals surface area contributed by atoms with Gasteiger partial charge in [-0.3, -0.25) is 4.79 Å². The number of hydrogen-bond acceptors (Lipinski definition) is 3. The number of carbonyl (C=O) groups is 1. The highest BCUT2D eigenvalue weighted by Gasteiger charge is 2.26. The summed E-state index contributed by atoms with van der Waals surface area (Å²) in [7, 11) is 0. The Bertz CT molecular complexity index is 801. The second kappa shape index (κ2) is 6.90. The van der Waals surface area contributed by atoms with Gasteiger partial charge in [0.05, 0.1) is 12.2 Å². The predicted molar refractivity (Wildman–Crippen MR) is 90.2 cm³/mol. The Morgan fingerprint density at radius 1 is 1.17 bits per heavy atom. The molecule has 2 aromatic carbocycles. The van der Waals surface area contributed by atoms with Crippen molar-refractivity contribution >= 4 is 23.2 Å². The van der Waals surface area contributed by atoms with Gasteiger partial charge in [0.2, 0.25) is 5.91 Å². The van der Waals surface area contributed by atoms with Crippen LogP contribution >= 0.6 is 11.6 Å². The number of anilines is 1. The first kappa shape index (κ1) is 16.3. The molecule has 0 saturated carbocycles. The number of benzene rings is 2. The quantitative estimate of drug-likeness (QED) is 0.859. The Labute approximate surface area is 144 Å². The molecule has 0 unspecified atom stereocenters. The molecule has 1 saturated heterocycles. The largest absolute Gasteiger partial charge is 0.359 e. The fraction of sp³-hybridized carbons (Fsp3) is 0.222. The van der Waals surface area contributed by atoms with Crippen LogP contribution in [0.25, 0.3) is 0 Å². The molecule has 1 fully saturated rings. The minimum atomic E-state index is -0.564. The molecule has 1 aliphatic rings. The van der Waals surface area contributed by atoms with E-state index in [1.54, 1.807) is 34.1 Å². The standard InChI is InChI=1S/C18H15ClFN3O/c19-14-6-4-13(5-7-14)11-23-9-8-22(12-18(23)24)17-3-1-2-16(20)15(17)10-21/h1-7H,8-9,11-12H2. The van der Waals surface area contributed by atoms with Crippen LogP contribution in [0.1, 0.15) is 11.1 Å². The molecular formula is C18H15ClFN3O. The van der Waals surface area contributed by atoms with Crippen LogP contribution in [0.4, 0.5) is 10.1 Å². The minimum Gasteiger partial charge on any atom is -0.359 e. The molecule has 1 heterocycles. The van der Waals surface area contributed by atoms with Crippen molar-refractivity contribution in [3.63, 3.8) is 0 Å². The fourth-order valence-electron chi connectivity index (χ4n) is 2.78. The maximum atomic E-state index is 13.7. The van der Waals surface area contributed by atoms with E-state index in [0.717, 1.165) is 5.56 Å². The lowest BCUT2D eigenvalue weighted by Crippen LogP contribution is -2.50. The SMILES string of the molecule is N#Cc1c(F)cccc1N1CCN(Cc2ccc(Cl)cc2)C(=O)C1. The zero-order valence-electron chi connectivity index (χ0n) is 12.9. The lowest BCUT2D eigenvalue weighted by atomic mass is 10.1. The number of rotatable bonds is 3. The number of piperazine rings is 1. The first-order valence-corrected chi connectivity index (χ1v) is 7.92. The summed E-state index contributed by atoms with van der Waals surface area (Å²) in [6.07, 6.45) is 0. The van der Waals surface area contributed by atoms with E-state index >= 15 is 0 Å². The van der Waals surface area contributed by atoms with Gasteiger partial charge in [-0.25, -0.2) is 4.39 Å². The summed E-state index contributed by atoms with van der Waals surface area (Å²) < 4.78 is 13.7. The van der Waals surface area contributed by atoms with Gasteiger partial charge in [-0.2, -0.15) is 5.26 Å². The summed E-state index contributed by atoms with van der Waals surface area (Å²) in [5, 5.41) is 9.80. The Morgan fingerprint density at radius 2 is 1.92 bits per heavy atom. The zero-order chi connectivity index (χ0) is 17.1. The molecule has 0 bridgehead atoms. The highest BCUT2D eigenvalue weighted by Crippen LogP contribution is 2.24. The lowest BCUT2D eigenvalue weighted by molar-refractivity contribution is -0.131. The molecule has 0 aromatic heterocycles.